The zero-order chi connectivity index (χ0) is 41.4. The molecule has 6 aromatic carbocycles. The van der Waals surface area contributed by atoms with Crippen LogP contribution in [0, 0.1) is 27.7 Å². The maximum atomic E-state index is 11.1. The minimum Gasteiger partial charge on any atom is -0.507 e. The predicted octanol–water partition coefficient (Wildman–Crippen LogP) is 14.4. The Balaban J connectivity index is 0.00000231. The van der Waals surface area contributed by atoms with Gasteiger partial charge in [0, 0.05) is 33.3 Å². The Kier molecular flexibility index (Phi) is 9.46. The second-order valence-corrected chi connectivity index (χ2v) is 17.1. The Hall–Kier alpha value is -6.00. The first-order valence-corrected chi connectivity index (χ1v) is 20.8. The fourth-order valence-corrected chi connectivity index (χ4v) is 9.67. The third kappa shape index (κ3) is 5.79. The van der Waals surface area contributed by atoms with E-state index in [1.165, 1.54) is 50.5 Å². The summed E-state index contributed by atoms with van der Waals surface area (Å²) in [6.07, 6.45) is 6.95. The van der Waals surface area contributed by atoms with E-state index in [1.54, 1.807) is 13.8 Å². The van der Waals surface area contributed by atoms with E-state index >= 15 is 0 Å². The van der Waals surface area contributed by atoms with E-state index in [9.17, 15) is 15.3 Å². The Morgan fingerprint density at radius 2 is 1.07 bits per heavy atom. The van der Waals surface area contributed by atoms with Crippen molar-refractivity contribution in [3.63, 3.8) is 0 Å². The van der Waals surface area contributed by atoms with Crippen molar-refractivity contribution in [2.45, 2.75) is 92.9 Å². The number of aryl methyl sites for hydroxylation is 2. The van der Waals surface area contributed by atoms with Gasteiger partial charge in [-0.3, -0.25) is 0 Å². The average Bonchev–Trinajstić information content (AvgIpc) is 3.46. The average molecular weight is 766 g/mol. The summed E-state index contributed by atoms with van der Waals surface area (Å²) in [5.41, 5.74) is 19.8. The van der Waals surface area contributed by atoms with Gasteiger partial charge in [0.05, 0.1) is 11.3 Å². The summed E-state index contributed by atoms with van der Waals surface area (Å²) < 4.78 is 0. The minimum absolute atomic E-state index is 0.0902. The molecule has 3 aliphatic rings. The number of allylic oxidation sites excluding steroid dienone is 3. The van der Waals surface area contributed by atoms with Gasteiger partial charge in [0.25, 0.3) is 0 Å². The maximum Gasteiger partial charge on any atom is 0.133 e. The van der Waals surface area contributed by atoms with Crippen molar-refractivity contribution in [2.75, 3.05) is 4.90 Å². The minimum atomic E-state index is -0.205. The number of phenolic OH excluding ortho intramolecular Hbond substituents is 3. The van der Waals surface area contributed by atoms with Crippen molar-refractivity contribution in [3.05, 3.63) is 159 Å². The standard InChI is InChI=1S/C52H49NO3.C2H6/c1-29-17-19-33(25-39(29)40-26-35(20-18-30(40)2)47-49(55)31(3)48(54)32(4)50(47)56)34-21-24-46-44(27-34)52(7,8)42-15-11-12-16-45(42)53(46)36-22-23-38-37-13-9-10-14-41(37)51(5,6)43(38)28-36;1-2/h9-10,13-28,54-56H,11-12H2,1-8H3;1-2H3. The highest BCUT2D eigenvalue weighted by molar-refractivity contribution is 5.89. The number of phenols is 3. The van der Waals surface area contributed by atoms with Crippen molar-refractivity contribution in [1.82, 2.24) is 0 Å². The zero-order valence-electron chi connectivity index (χ0n) is 35.6. The van der Waals surface area contributed by atoms with Crippen LogP contribution in [-0.2, 0) is 10.8 Å². The number of benzene rings is 6. The molecule has 3 N–H and O–H groups in total. The maximum absolute atomic E-state index is 11.1. The highest BCUT2D eigenvalue weighted by Gasteiger charge is 2.41. The number of aromatic hydroxyl groups is 3. The molecule has 6 aromatic rings. The van der Waals surface area contributed by atoms with E-state index in [4.69, 9.17) is 0 Å². The molecular formula is C54H55NO3. The van der Waals surface area contributed by atoms with Gasteiger partial charge in [-0.1, -0.05) is 114 Å². The summed E-state index contributed by atoms with van der Waals surface area (Å²) in [7, 11) is 0. The monoisotopic (exact) mass is 765 g/mol. The molecule has 0 amide bonds. The first kappa shape index (κ1) is 38.9. The summed E-state index contributed by atoms with van der Waals surface area (Å²) in [5, 5.41) is 32.7. The van der Waals surface area contributed by atoms with Gasteiger partial charge in [0.1, 0.15) is 17.2 Å². The van der Waals surface area contributed by atoms with Crippen molar-refractivity contribution < 1.29 is 15.3 Å². The lowest BCUT2D eigenvalue weighted by Crippen LogP contribution is -2.36. The zero-order valence-corrected chi connectivity index (χ0v) is 35.6. The molecule has 0 unspecified atom stereocenters. The number of nitrogens with zero attached hydrogens (tertiary/aromatic N) is 1. The number of rotatable bonds is 4. The van der Waals surface area contributed by atoms with E-state index in [0.29, 0.717) is 22.3 Å². The quantitative estimate of drug-likeness (QED) is 0.167. The van der Waals surface area contributed by atoms with Gasteiger partial charge < -0.3 is 20.2 Å². The second-order valence-electron chi connectivity index (χ2n) is 17.1. The number of anilines is 2. The Bertz CT molecular complexity index is 2700. The SMILES string of the molecule is CC.Cc1ccc(-c2ccc3c(c2)C(C)(C)C2=CCCC=C2N3c2ccc3c(c2)C(C)(C)c2ccccc2-3)cc1-c1cc(-c2c(O)c(C)c(O)c(C)c2O)ccc1C. The number of hydrogen-bond donors (Lipinski definition) is 3. The molecule has 0 bridgehead atoms. The molecule has 2 aliphatic carbocycles. The lowest BCUT2D eigenvalue weighted by Gasteiger charge is -2.45. The third-order valence-corrected chi connectivity index (χ3v) is 13.1. The lowest BCUT2D eigenvalue weighted by atomic mass is 9.70. The van der Waals surface area contributed by atoms with E-state index in [0.717, 1.165) is 46.2 Å². The molecule has 1 aliphatic heterocycles. The van der Waals surface area contributed by atoms with Crippen LogP contribution in [0.1, 0.15) is 93.3 Å². The predicted molar refractivity (Wildman–Crippen MR) is 243 cm³/mol. The number of fused-ring (bicyclic) bond motifs is 5. The molecule has 294 valence electrons. The van der Waals surface area contributed by atoms with E-state index in [-0.39, 0.29) is 28.1 Å². The van der Waals surface area contributed by atoms with Gasteiger partial charge in [-0.15, -0.1) is 0 Å². The van der Waals surface area contributed by atoms with Crippen LogP contribution in [0.3, 0.4) is 0 Å². The number of hydrogen-bond acceptors (Lipinski definition) is 4. The van der Waals surface area contributed by atoms with Crippen LogP contribution in [0.4, 0.5) is 11.4 Å². The van der Waals surface area contributed by atoms with Gasteiger partial charge in [-0.2, -0.15) is 0 Å². The molecule has 0 saturated heterocycles. The smallest absolute Gasteiger partial charge is 0.133 e. The fraction of sp³-hybridized carbons (Fsp3) is 0.259. The van der Waals surface area contributed by atoms with Crippen molar-refractivity contribution in [1.29, 1.82) is 0 Å². The van der Waals surface area contributed by atoms with Gasteiger partial charge in [-0.25, -0.2) is 0 Å². The van der Waals surface area contributed by atoms with Crippen molar-refractivity contribution in [3.8, 4) is 61.8 Å². The first-order valence-electron chi connectivity index (χ1n) is 20.8. The van der Waals surface area contributed by atoms with Gasteiger partial charge in [0.2, 0.25) is 0 Å². The molecule has 0 radical (unpaired) electrons. The van der Waals surface area contributed by atoms with Gasteiger partial charge in [0.15, 0.2) is 0 Å². The van der Waals surface area contributed by atoms with Crippen molar-refractivity contribution >= 4 is 11.4 Å². The summed E-state index contributed by atoms with van der Waals surface area (Å²) in [5.74, 6) is -0.321. The van der Waals surface area contributed by atoms with Crippen LogP contribution in [0.25, 0.3) is 44.5 Å². The molecule has 0 saturated carbocycles. The summed E-state index contributed by atoms with van der Waals surface area (Å²) in [6.45, 7) is 21.0. The molecule has 0 spiro atoms. The van der Waals surface area contributed by atoms with Gasteiger partial charge in [-0.05, 0) is 149 Å². The molecule has 58 heavy (non-hydrogen) atoms. The second kappa shape index (κ2) is 14.1. The van der Waals surface area contributed by atoms with Crippen LogP contribution in [0.5, 0.6) is 17.2 Å². The normalized spacial score (nSPS) is 15.6. The Labute approximate surface area is 344 Å². The fourth-order valence-electron chi connectivity index (χ4n) is 9.67. The molecule has 4 nitrogen and oxygen atoms in total. The van der Waals surface area contributed by atoms with E-state index < -0.39 is 0 Å². The molecule has 0 atom stereocenters. The molecule has 1 heterocycles. The van der Waals surface area contributed by atoms with Gasteiger partial charge >= 0.3 is 0 Å². The molecule has 0 fully saturated rings. The molecule has 9 rings (SSSR count). The van der Waals surface area contributed by atoms with E-state index in [1.807, 2.05) is 32.0 Å². The summed E-state index contributed by atoms with van der Waals surface area (Å²) in [6, 6.07) is 35.6. The molecular weight excluding hydrogens is 711 g/mol. The van der Waals surface area contributed by atoms with Crippen LogP contribution in [0.15, 0.2) is 120 Å². The largest absolute Gasteiger partial charge is 0.507 e. The molecule has 0 aromatic heterocycles. The van der Waals surface area contributed by atoms with E-state index in [2.05, 4.69) is 137 Å². The summed E-state index contributed by atoms with van der Waals surface area (Å²) >= 11 is 0. The first-order chi connectivity index (χ1) is 27.7. The topological polar surface area (TPSA) is 63.9 Å². The van der Waals surface area contributed by atoms with Crippen LogP contribution in [0.2, 0.25) is 0 Å². The Morgan fingerprint density at radius 3 is 1.76 bits per heavy atom. The molecule has 4 heteroatoms. The lowest BCUT2D eigenvalue weighted by molar-refractivity contribution is 0.420. The van der Waals surface area contributed by atoms with Crippen LogP contribution >= 0.6 is 0 Å². The van der Waals surface area contributed by atoms with Crippen molar-refractivity contribution in [2.24, 2.45) is 0 Å². The summed E-state index contributed by atoms with van der Waals surface area (Å²) in [4.78, 5) is 2.50. The van der Waals surface area contributed by atoms with Crippen LogP contribution < -0.4 is 4.90 Å². The highest BCUT2D eigenvalue weighted by atomic mass is 16.3. The Morgan fingerprint density at radius 1 is 0.500 bits per heavy atom. The van der Waals surface area contributed by atoms with Crippen LogP contribution in [-0.4, -0.2) is 15.3 Å². The highest BCUT2D eigenvalue weighted by Crippen LogP contribution is 2.55. The third-order valence-electron chi connectivity index (χ3n) is 13.1.